The number of hydrogen-bond acceptors (Lipinski definition) is 4. The van der Waals surface area contributed by atoms with Gasteiger partial charge < -0.3 is 10.2 Å². The highest BCUT2D eigenvalue weighted by molar-refractivity contribution is 7.92. The van der Waals surface area contributed by atoms with E-state index in [1.54, 1.807) is 24.0 Å². The van der Waals surface area contributed by atoms with Crippen LogP contribution in [0.25, 0.3) is 0 Å². The van der Waals surface area contributed by atoms with Gasteiger partial charge in [-0.2, -0.15) is 0 Å². The van der Waals surface area contributed by atoms with Gasteiger partial charge in [0.05, 0.1) is 4.90 Å². The molecule has 2 N–H and O–H groups in total. The number of benzene rings is 3. The summed E-state index contributed by atoms with van der Waals surface area (Å²) in [5.74, 6) is -0.874. The zero-order valence-electron chi connectivity index (χ0n) is 18.5. The molecule has 34 heavy (non-hydrogen) atoms. The van der Waals surface area contributed by atoms with E-state index in [0.717, 1.165) is 23.7 Å². The summed E-state index contributed by atoms with van der Waals surface area (Å²) in [5, 5.41) is 2.80. The number of rotatable bonds is 7. The molecule has 0 aliphatic carbocycles. The first-order valence-corrected chi connectivity index (χ1v) is 12.3. The van der Waals surface area contributed by atoms with E-state index in [0.29, 0.717) is 18.5 Å². The van der Waals surface area contributed by atoms with Crippen molar-refractivity contribution in [3.63, 3.8) is 0 Å². The number of carbonyl (C=O) groups is 2. The normalized spacial score (nSPS) is 13.7. The van der Waals surface area contributed by atoms with Crippen LogP contribution in [0, 0.1) is 12.7 Å². The molecule has 4 rings (SSSR count). The number of amides is 2. The predicted octanol–water partition coefficient (Wildman–Crippen LogP) is 3.99. The third kappa shape index (κ3) is 5.26. The second kappa shape index (κ2) is 9.64. The molecule has 1 aliphatic heterocycles. The molecule has 0 bridgehead atoms. The lowest BCUT2D eigenvalue weighted by atomic mass is 10.1. The molecule has 0 radical (unpaired) electrons. The van der Waals surface area contributed by atoms with Crippen LogP contribution in [-0.4, -0.2) is 26.8 Å². The van der Waals surface area contributed by atoms with Gasteiger partial charge in [-0.25, -0.2) is 12.8 Å². The molecule has 1 saturated heterocycles. The highest BCUT2D eigenvalue weighted by Gasteiger charge is 2.21. The molecule has 0 unspecified atom stereocenters. The van der Waals surface area contributed by atoms with Gasteiger partial charge in [0.2, 0.25) is 5.91 Å². The van der Waals surface area contributed by atoms with E-state index in [4.69, 9.17) is 0 Å². The van der Waals surface area contributed by atoms with Gasteiger partial charge in [0.1, 0.15) is 5.82 Å². The van der Waals surface area contributed by atoms with Crippen molar-refractivity contribution in [3.8, 4) is 0 Å². The van der Waals surface area contributed by atoms with E-state index >= 15 is 0 Å². The zero-order chi connectivity index (χ0) is 24.3. The molecule has 0 atom stereocenters. The molecule has 7 nitrogen and oxygen atoms in total. The molecule has 2 amide bonds. The van der Waals surface area contributed by atoms with Gasteiger partial charge in [-0.1, -0.05) is 24.3 Å². The number of nitrogens with zero attached hydrogens (tertiary/aromatic N) is 1. The van der Waals surface area contributed by atoms with Crippen molar-refractivity contribution in [2.24, 2.45) is 0 Å². The minimum atomic E-state index is -4.02. The number of carbonyl (C=O) groups excluding carboxylic acids is 2. The molecule has 0 spiro atoms. The molecular weight excluding hydrogens is 457 g/mol. The summed E-state index contributed by atoms with van der Waals surface area (Å²) < 4.78 is 41.4. The van der Waals surface area contributed by atoms with E-state index < -0.39 is 15.8 Å². The Bertz CT molecular complexity index is 1340. The molecule has 176 valence electrons. The van der Waals surface area contributed by atoms with E-state index in [2.05, 4.69) is 10.0 Å². The Morgan fingerprint density at radius 3 is 2.50 bits per heavy atom. The van der Waals surface area contributed by atoms with E-state index in [9.17, 15) is 22.4 Å². The fourth-order valence-corrected chi connectivity index (χ4v) is 4.74. The first kappa shape index (κ1) is 23.4. The fraction of sp³-hybridized carbons (Fsp3) is 0.200. The van der Waals surface area contributed by atoms with Crippen LogP contribution < -0.4 is 14.9 Å². The maximum Gasteiger partial charge on any atom is 0.261 e. The molecule has 0 aromatic heterocycles. The third-order valence-electron chi connectivity index (χ3n) is 5.61. The topological polar surface area (TPSA) is 95.6 Å². The van der Waals surface area contributed by atoms with Gasteiger partial charge in [-0.05, 0) is 66.9 Å². The molecule has 3 aromatic rings. The smallest absolute Gasteiger partial charge is 0.261 e. The minimum Gasteiger partial charge on any atom is -0.348 e. The van der Waals surface area contributed by atoms with Gasteiger partial charge in [0, 0.05) is 36.4 Å². The lowest BCUT2D eigenvalue weighted by Crippen LogP contribution is -2.24. The standard InChI is InChI=1S/C25H24FN3O4S/c1-17-7-12-22(15-23(17)26)34(32,33)28-20-5-2-4-19(14-20)25(31)27-16-18-8-10-21(11-9-18)29-13-3-6-24(29)30/h2,4-5,7-12,14-15,28H,3,6,13,16H2,1H3,(H,27,31). The molecule has 9 heteroatoms. The number of halogens is 1. The summed E-state index contributed by atoms with van der Waals surface area (Å²) in [7, 11) is -4.02. The van der Waals surface area contributed by atoms with Gasteiger partial charge >= 0.3 is 0 Å². The Hall–Kier alpha value is -3.72. The Morgan fingerprint density at radius 2 is 1.82 bits per heavy atom. The third-order valence-corrected chi connectivity index (χ3v) is 6.98. The van der Waals surface area contributed by atoms with Gasteiger partial charge in [0.15, 0.2) is 0 Å². The quantitative estimate of drug-likeness (QED) is 0.533. The SMILES string of the molecule is Cc1ccc(S(=O)(=O)Nc2cccc(C(=O)NCc3ccc(N4CCCC4=O)cc3)c2)cc1F. The highest BCUT2D eigenvalue weighted by atomic mass is 32.2. The van der Waals surface area contributed by atoms with Crippen LogP contribution in [0.15, 0.2) is 71.6 Å². The van der Waals surface area contributed by atoms with Crippen LogP contribution in [0.3, 0.4) is 0 Å². The monoisotopic (exact) mass is 481 g/mol. The van der Waals surface area contributed by atoms with Crippen molar-refractivity contribution in [2.75, 3.05) is 16.2 Å². The summed E-state index contributed by atoms with van der Waals surface area (Å²) in [5.41, 5.74) is 2.51. The molecule has 0 saturated carbocycles. The Labute approximate surface area is 197 Å². The molecule has 1 heterocycles. The van der Waals surface area contributed by atoms with Crippen molar-refractivity contribution in [3.05, 3.63) is 89.2 Å². The average Bonchev–Trinajstić information content (AvgIpc) is 3.25. The number of anilines is 2. The average molecular weight is 482 g/mol. The Morgan fingerprint density at radius 1 is 1.06 bits per heavy atom. The summed E-state index contributed by atoms with van der Waals surface area (Å²) in [4.78, 5) is 26.0. The molecule has 1 aliphatic rings. The lowest BCUT2D eigenvalue weighted by Gasteiger charge is -2.16. The van der Waals surface area contributed by atoms with E-state index in [1.807, 2.05) is 24.3 Å². The lowest BCUT2D eigenvalue weighted by molar-refractivity contribution is -0.117. The Balaban J connectivity index is 1.39. The number of aryl methyl sites for hydroxylation is 1. The maximum absolute atomic E-state index is 13.8. The molecule has 1 fully saturated rings. The minimum absolute atomic E-state index is 0.115. The highest BCUT2D eigenvalue weighted by Crippen LogP contribution is 2.22. The number of hydrogen-bond donors (Lipinski definition) is 2. The fourth-order valence-electron chi connectivity index (χ4n) is 3.68. The van der Waals surface area contributed by atoms with E-state index in [1.165, 1.54) is 24.3 Å². The van der Waals surface area contributed by atoms with Crippen molar-refractivity contribution in [1.29, 1.82) is 0 Å². The van der Waals surface area contributed by atoms with Crippen LogP contribution in [-0.2, 0) is 21.4 Å². The Kier molecular flexibility index (Phi) is 6.65. The van der Waals surface area contributed by atoms with Crippen molar-refractivity contribution < 1.29 is 22.4 Å². The van der Waals surface area contributed by atoms with Crippen LogP contribution in [0.5, 0.6) is 0 Å². The maximum atomic E-state index is 13.8. The summed E-state index contributed by atoms with van der Waals surface area (Å²) in [6.07, 6.45) is 1.42. The van der Waals surface area contributed by atoms with Crippen LogP contribution >= 0.6 is 0 Å². The van der Waals surface area contributed by atoms with E-state index in [-0.39, 0.29) is 34.5 Å². The van der Waals surface area contributed by atoms with Gasteiger partial charge in [-0.3, -0.25) is 14.3 Å². The second-order valence-corrected chi connectivity index (χ2v) is 9.78. The summed E-state index contributed by atoms with van der Waals surface area (Å²) in [6, 6.07) is 17.1. The van der Waals surface area contributed by atoms with Crippen LogP contribution in [0.2, 0.25) is 0 Å². The summed E-state index contributed by atoms with van der Waals surface area (Å²) in [6.45, 7) is 2.53. The number of sulfonamides is 1. The molecular formula is C25H24FN3O4S. The van der Waals surface area contributed by atoms with Crippen molar-refractivity contribution in [1.82, 2.24) is 5.32 Å². The first-order chi connectivity index (χ1) is 16.2. The van der Waals surface area contributed by atoms with Crippen LogP contribution in [0.1, 0.15) is 34.3 Å². The second-order valence-electron chi connectivity index (χ2n) is 8.10. The predicted molar refractivity (Wildman–Crippen MR) is 128 cm³/mol. The van der Waals surface area contributed by atoms with Gasteiger partial charge in [-0.15, -0.1) is 0 Å². The molecule has 3 aromatic carbocycles. The van der Waals surface area contributed by atoms with Crippen LogP contribution in [0.4, 0.5) is 15.8 Å². The summed E-state index contributed by atoms with van der Waals surface area (Å²) >= 11 is 0. The van der Waals surface area contributed by atoms with Crippen molar-refractivity contribution >= 4 is 33.2 Å². The van der Waals surface area contributed by atoms with Crippen molar-refractivity contribution in [2.45, 2.75) is 31.2 Å². The number of nitrogens with one attached hydrogen (secondary N) is 2. The first-order valence-electron chi connectivity index (χ1n) is 10.8. The zero-order valence-corrected chi connectivity index (χ0v) is 19.4. The van der Waals surface area contributed by atoms with Gasteiger partial charge in [0.25, 0.3) is 15.9 Å². The largest absolute Gasteiger partial charge is 0.348 e.